The predicted octanol–water partition coefficient (Wildman–Crippen LogP) is 1.76. The summed E-state index contributed by atoms with van der Waals surface area (Å²) in [4.78, 5) is 11.6. The molecule has 1 aromatic rings. The lowest BCUT2D eigenvalue weighted by atomic mass is 10.2. The summed E-state index contributed by atoms with van der Waals surface area (Å²) < 4.78 is 5.26. The number of rotatable bonds is 6. The second-order valence-electron chi connectivity index (χ2n) is 4.32. The molecule has 4 nitrogen and oxygen atoms in total. The van der Waals surface area contributed by atoms with E-state index in [-0.39, 0.29) is 12.5 Å². The van der Waals surface area contributed by atoms with Crippen LogP contribution in [-0.4, -0.2) is 19.1 Å². The summed E-state index contributed by atoms with van der Waals surface area (Å²) in [6, 6.07) is 7.49. The van der Waals surface area contributed by atoms with Crippen molar-refractivity contribution in [3.63, 3.8) is 0 Å². The maximum atomic E-state index is 11.6. The fourth-order valence-corrected chi connectivity index (χ4v) is 1.39. The summed E-state index contributed by atoms with van der Waals surface area (Å²) in [6.07, 6.45) is 0. The predicted molar refractivity (Wildman–Crippen MR) is 68.6 cm³/mol. The van der Waals surface area contributed by atoms with E-state index < -0.39 is 0 Å². The van der Waals surface area contributed by atoms with Crippen LogP contribution in [0.1, 0.15) is 19.4 Å². The van der Waals surface area contributed by atoms with Gasteiger partial charge in [-0.15, -0.1) is 0 Å². The summed E-state index contributed by atoms with van der Waals surface area (Å²) in [7, 11) is 0. The molecule has 0 bridgehead atoms. The Morgan fingerprint density at radius 1 is 1.41 bits per heavy atom. The van der Waals surface area contributed by atoms with Crippen molar-refractivity contribution in [2.75, 3.05) is 18.5 Å². The molecular weight excluding hydrogens is 216 g/mol. The van der Waals surface area contributed by atoms with E-state index in [1.165, 1.54) is 0 Å². The number of benzene rings is 1. The highest BCUT2D eigenvalue weighted by Crippen LogP contribution is 2.13. The highest BCUT2D eigenvalue weighted by molar-refractivity contribution is 5.92. The van der Waals surface area contributed by atoms with Gasteiger partial charge in [0.1, 0.15) is 6.61 Å². The lowest BCUT2D eigenvalue weighted by Crippen LogP contribution is -2.20. The Hall–Kier alpha value is -1.39. The summed E-state index contributed by atoms with van der Waals surface area (Å²) in [6.45, 7) is 5.16. The Balaban J connectivity index is 2.45. The number of amides is 1. The van der Waals surface area contributed by atoms with Crippen molar-refractivity contribution >= 4 is 11.6 Å². The summed E-state index contributed by atoms with van der Waals surface area (Å²) >= 11 is 0. The van der Waals surface area contributed by atoms with E-state index in [1.54, 1.807) is 0 Å². The Kier molecular flexibility index (Phi) is 5.66. The topological polar surface area (TPSA) is 64.3 Å². The second-order valence-corrected chi connectivity index (χ2v) is 4.32. The fourth-order valence-electron chi connectivity index (χ4n) is 1.39. The molecule has 0 spiro atoms. The maximum absolute atomic E-state index is 11.6. The van der Waals surface area contributed by atoms with Crippen molar-refractivity contribution in [1.29, 1.82) is 0 Å². The number of anilines is 1. The molecule has 1 amide bonds. The van der Waals surface area contributed by atoms with Crippen LogP contribution >= 0.6 is 0 Å². The highest BCUT2D eigenvalue weighted by Gasteiger charge is 2.06. The molecule has 0 aliphatic heterocycles. The first-order chi connectivity index (χ1) is 8.13. The van der Waals surface area contributed by atoms with Crippen LogP contribution in [0.15, 0.2) is 24.3 Å². The van der Waals surface area contributed by atoms with Gasteiger partial charge in [0.05, 0.1) is 0 Å². The molecule has 0 aromatic heterocycles. The first-order valence-electron chi connectivity index (χ1n) is 5.79. The van der Waals surface area contributed by atoms with E-state index in [0.29, 0.717) is 19.1 Å². The number of carbonyl (C=O) groups is 1. The van der Waals surface area contributed by atoms with Crippen LogP contribution in [0.4, 0.5) is 5.69 Å². The second kappa shape index (κ2) is 7.04. The highest BCUT2D eigenvalue weighted by atomic mass is 16.5. The van der Waals surface area contributed by atoms with Gasteiger partial charge in [0.15, 0.2) is 0 Å². The molecular formula is C13H20N2O2. The third-order valence-electron chi connectivity index (χ3n) is 2.20. The van der Waals surface area contributed by atoms with Gasteiger partial charge in [-0.3, -0.25) is 4.79 Å². The lowest BCUT2D eigenvalue weighted by molar-refractivity contribution is -0.120. The quantitative estimate of drug-likeness (QED) is 0.791. The number of hydrogen-bond donors (Lipinski definition) is 2. The Morgan fingerprint density at radius 2 is 2.12 bits per heavy atom. The molecule has 0 fully saturated rings. The normalized spacial score (nSPS) is 10.6. The van der Waals surface area contributed by atoms with Gasteiger partial charge >= 0.3 is 0 Å². The zero-order chi connectivity index (χ0) is 12.7. The van der Waals surface area contributed by atoms with Crippen LogP contribution in [0, 0.1) is 5.92 Å². The van der Waals surface area contributed by atoms with Crippen molar-refractivity contribution in [3.8, 4) is 0 Å². The molecule has 0 aliphatic carbocycles. The summed E-state index contributed by atoms with van der Waals surface area (Å²) in [5.41, 5.74) is 7.26. The van der Waals surface area contributed by atoms with Crippen molar-refractivity contribution in [2.24, 2.45) is 11.7 Å². The van der Waals surface area contributed by atoms with Gasteiger partial charge < -0.3 is 15.8 Å². The van der Waals surface area contributed by atoms with Crippen LogP contribution in [-0.2, 0) is 16.1 Å². The monoisotopic (exact) mass is 236 g/mol. The molecule has 0 heterocycles. The number of nitrogens with one attached hydrogen (secondary N) is 1. The fraction of sp³-hybridized carbons (Fsp3) is 0.462. The molecule has 0 radical (unpaired) electrons. The molecule has 0 aliphatic rings. The standard InChI is InChI=1S/C13H20N2O2/c1-10(2)8-17-9-13(16)15-12-6-4-3-5-11(12)7-14/h3-6,10H,7-9,14H2,1-2H3,(H,15,16). The molecule has 1 rings (SSSR count). The van der Waals surface area contributed by atoms with Gasteiger partial charge in [-0.1, -0.05) is 32.0 Å². The van der Waals surface area contributed by atoms with Crippen LogP contribution < -0.4 is 11.1 Å². The van der Waals surface area contributed by atoms with E-state index in [9.17, 15) is 4.79 Å². The molecule has 0 unspecified atom stereocenters. The Labute approximate surface area is 102 Å². The molecule has 1 aromatic carbocycles. The minimum Gasteiger partial charge on any atom is -0.371 e. The third kappa shape index (κ3) is 4.97. The van der Waals surface area contributed by atoms with Crippen LogP contribution in [0.3, 0.4) is 0 Å². The SMILES string of the molecule is CC(C)COCC(=O)Nc1ccccc1CN. The van der Waals surface area contributed by atoms with Gasteiger partial charge in [-0.2, -0.15) is 0 Å². The summed E-state index contributed by atoms with van der Waals surface area (Å²) in [5, 5.41) is 2.79. The molecule has 0 saturated carbocycles. The van der Waals surface area contributed by atoms with E-state index in [2.05, 4.69) is 5.32 Å². The lowest BCUT2D eigenvalue weighted by Gasteiger charge is -2.10. The molecule has 17 heavy (non-hydrogen) atoms. The van der Waals surface area contributed by atoms with Gasteiger partial charge in [-0.05, 0) is 17.5 Å². The molecule has 4 heteroatoms. The first kappa shape index (κ1) is 13.7. The smallest absolute Gasteiger partial charge is 0.250 e. The minimum absolute atomic E-state index is 0.0804. The van der Waals surface area contributed by atoms with Crippen molar-refractivity contribution in [2.45, 2.75) is 20.4 Å². The maximum Gasteiger partial charge on any atom is 0.250 e. The van der Waals surface area contributed by atoms with Gasteiger partial charge in [0.2, 0.25) is 5.91 Å². The minimum atomic E-state index is -0.147. The third-order valence-corrected chi connectivity index (χ3v) is 2.20. The molecule has 0 saturated heterocycles. The van der Waals surface area contributed by atoms with Crippen molar-refractivity contribution in [1.82, 2.24) is 0 Å². The first-order valence-corrected chi connectivity index (χ1v) is 5.79. The Bertz CT molecular complexity index is 364. The largest absolute Gasteiger partial charge is 0.371 e. The molecule has 94 valence electrons. The van der Waals surface area contributed by atoms with E-state index in [1.807, 2.05) is 38.1 Å². The number of hydrogen-bond acceptors (Lipinski definition) is 3. The van der Waals surface area contributed by atoms with Crippen LogP contribution in [0.5, 0.6) is 0 Å². The number of carbonyl (C=O) groups excluding carboxylic acids is 1. The summed E-state index contributed by atoms with van der Waals surface area (Å²) in [5.74, 6) is 0.283. The van der Waals surface area contributed by atoms with Crippen LogP contribution in [0.2, 0.25) is 0 Å². The zero-order valence-electron chi connectivity index (χ0n) is 10.4. The van der Waals surface area contributed by atoms with Gasteiger partial charge in [0.25, 0.3) is 0 Å². The number of ether oxygens (including phenoxy) is 1. The Morgan fingerprint density at radius 3 is 2.76 bits per heavy atom. The van der Waals surface area contributed by atoms with Crippen molar-refractivity contribution in [3.05, 3.63) is 29.8 Å². The zero-order valence-corrected chi connectivity index (χ0v) is 10.4. The van der Waals surface area contributed by atoms with Crippen molar-refractivity contribution < 1.29 is 9.53 Å². The number of nitrogens with two attached hydrogens (primary N) is 1. The average Bonchev–Trinajstić information content (AvgIpc) is 2.29. The van der Waals surface area contributed by atoms with E-state index in [0.717, 1.165) is 11.3 Å². The van der Waals surface area contributed by atoms with Crippen LogP contribution in [0.25, 0.3) is 0 Å². The van der Waals surface area contributed by atoms with E-state index in [4.69, 9.17) is 10.5 Å². The molecule has 0 atom stereocenters. The van der Waals surface area contributed by atoms with E-state index >= 15 is 0 Å². The van der Waals surface area contributed by atoms with Gasteiger partial charge in [-0.25, -0.2) is 0 Å². The number of para-hydroxylation sites is 1. The molecule has 3 N–H and O–H groups in total. The van der Waals surface area contributed by atoms with Gasteiger partial charge in [0, 0.05) is 18.8 Å². The average molecular weight is 236 g/mol.